The van der Waals surface area contributed by atoms with Crippen LogP contribution in [0.5, 0.6) is 0 Å². The molecule has 0 aliphatic rings. The van der Waals surface area contributed by atoms with Gasteiger partial charge in [0.15, 0.2) is 0 Å². The molecule has 1 unspecified atom stereocenters. The Labute approximate surface area is 93.3 Å². The minimum absolute atomic E-state index is 0.341. The van der Waals surface area contributed by atoms with Crippen molar-refractivity contribution in [2.24, 2.45) is 0 Å². The van der Waals surface area contributed by atoms with Crippen LogP contribution in [0.2, 0.25) is 5.15 Å². The second-order valence-corrected chi connectivity index (χ2v) is 4.00. The topological polar surface area (TPSA) is 50.9 Å². The van der Waals surface area contributed by atoms with Gasteiger partial charge in [-0.2, -0.15) is 5.10 Å². The zero-order valence-electron chi connectivity index (χ0n) is 8.40. The van der Waals surface area contributed by atoms with E-state index in [0.717, 1.165) is 11.1 Å². The first kappa shape index (κ1) is 10.5. The normalized spacial score (nSPS) is 15.5. The van der Waals surface area contributed by atoms with E-state index in [-0.39, 0.29) is 0 Å². The molecule has 2 rings (SSSR count). The van der Waals surface area contributed by atoms with Crippen molar-refractivity contribution < 1.29 is 5.11 Å². The highest BCUT2D eigenvalue weighted by Gasteiger charge is 2.20. The molecule has 2 aromatic rings. The second kappa shape index (κ2) is 3.22. The molecule has 0 aromatic carbocycles. The fraction of sp³-hybridized carbons (Fsp3) is 0.333. The number of nitrogens with zero attached hydrogens (tertiary/aromatic N) is 3. The van der Waals surface area contributed by atoms with Crippen LogP contribution in [-0.4, -0.2) is 27.7 Å². The minimum Gasteiger partial charge on any atom is -0.379 e. The monoisotopic (exact) mass is 221 g/mol. The van der Waals surface area contributed by atoms with Crippen LogP contribution in [0.3, 0.4) is 0 Å². The number of aryl methyl sites for hydroxylation is 1. The summed E-state index contributed by atoms with van der Waals surface area (Å²) in [6.45, 7) is 3.27. The SMILES string of the molecule is [B]C(C)(O)n1nc(C)c2cnc(Cl)cc21. The fourth-order valence-electron chi connectivity index (χ4n) is 1.48. The van der Waals surface area contributed by atoms with E-state index in [1.807, 2.05) is 6.92 Å². The van der Waals surface area contributed by atoms with E-state index >= 15 is 0 Å². The second-order valence-electron chi connectivity index (χ2n) is 3.62. The Hall–Kier alpha value is -1.07. The third-order valence-corrected chi connectivity index (χ3v) is 2.35. The molecule has 76 valence electrons. The Morgan fingerprint density at radius 2 is 2.27 bits per heavy atom. The lowest BCUT2D eigenvalue weighted by Crippen LogP contribution is -2.30. The van der Waals surface area contributed by atoms with Gasteiger partial charge in [0.2, 0.25) is 0 Å². The van der Waals surface area contributed by atoms with Crippen molar-refractivity contribution >= 4 is 30.4 Å². The van der Waals surface area contributed by atoms with Crippen molar-refractivity contribution in [1.82, 2.24) is 14.8 Å². The summed E-state index contributed by atoms with van der Waals surface area (Å²) >= 11 is 5.78. The minimum atomic E-state index is -1.54. The highest BCUT2D eigenvalue weighted by molar-refractivity contribution is 6.30. The number of halogens is 1. The van der Waals surface area contributed by atoms with Gasteiger partial charge in [0.05, 0.1) is 11.2 Å². The summed E-state index contributed by atoms with van der Waals surface area (Å²) in [5, 5.41) is 15.0. The van der Waals surface area contributed by atoms with E-state index in [1.54, 1.807) is 12.3 Å². The fourth-order valence-corrected chi connectivity index (χ4v) is 1.63. The van der Waals surface area contributed by atoms with Gasteiger partial charge in [-0.1, -0.05) is 11.6 Å². The molecule has 0 saturated heterocycles. The van der Waals surface area contributed by atoms with E-state index in [4.69, 9.17) is 19.4 Å². The Kier molecular flexibility index (Phi) is 2.24. The van der Waals surface area contributed by atoms with E-state index < -0.39 is 5.62 Å². The molecule has 2 radical (unpaired) electrons. The number of rotatable bonds is 1. The number of fused-ring (bicyclic) bond motifs is 1. The van der Waals surface area contributed by atoms with Crippen molar-refractivity contribution in [3.05, 3.63) is 23.1 Å². The van der Waals surface area contributed by atoms with Crippen molar-refractivity contribution in [2.75, 3.05) is 0 Å². The van der Waals surface area contributed by atoms with Gasteiger partial charge in [-0.15, -0.1) is 0 Å². The maximum Gasteiger partial charge on any atom is 0.146 e. The molecule has 0 amide bonds. The van der Waals surface area contributed by atoms with E-state index in [1.165, 1.54) is 11.6 Å². The highest BCUT2D eigenvalue weighted by atomic mass is 35.5. The van der Waals surface area contributed by atoms with Crippen LogP contribution in [0.1, 0.15) is 12.6 Å². The average Bonchev–Trinajstić information content (AvgIpc) is 2.42. The zero-order valence-corrected chi connectivity index (χ0v) is 9.15. The lowest BCUT2D eigenvalue weighted by Gasteiger charge is -2.19. The third kappa shape index (κ3) is 1.73. The van der Waals surface area contributed by atoms with Gasteiger partial charge in [-0.25, -0.2) is 9.67 Å². The van der Waals surface area contributed by atoms with Gasteiger partial charge in [-0.05, 0) is 13.8 Å². The molecule has 0 fully saturated rings. The number of aromatic nitrogens is 3. The first-order valence-corrected chi connectivity index (χ1v) is 4.80. The predicted molar refractivity (Wildman–Crippen MR) is 58.9 cm³/mol. The summed E-state index contributed by atoms with van der Waals surface area (Å²) in [7, 11) is 5.58. The quantitative estimate of drug-likeness (QED) is 0.581. The summed E-state index contributed by atoms with van der Waals surface area (Å²) in [5.74, 6) is 0. The molecule has 0 spiro atoms. The van der Waals surface area contributed by atoms with E-state index in [0.29, 0.717) is 10.7 Å². The van der Waals surface area contributed by atoms with Crippen molar-refractivity contribution in [3.8, 4) is 0 Å². The summed E-state index contributed by atoms with van der Waals surface area (Å²) in [6.07, 6.45) is 1.61. The molecule has 0 aliphatic heterocycles. The van der Waals surface area contributed by atoms with Crippen LogP contribution in [0.4, 0.5) is 0 Å². The Balaban J connectivity index is 2.81. The largest absolute Gasteiger partial charge is 0.379 e. The summed E-state index contributed by atoms with van der Waals surface area (Å²) < 4.78 is 1.32. The molecule has 0 aliphatic carbocycles. The molecule has 1 atom stereocenters. The smallest absolute Gasteiger partial charge is 0.146 e. The third-order valence-electron chi connectivity index (χ3n) is 2.15. The first-order chi connectivity index (χ1) is 6.89. The molecule has 4 nitrogen and oxygen atoms in total. The maximum absolute atomic E-state index is 9.71. The number of hydrogen-bond acceptors (Lipinski definition) is 3. The standard InChI is InChI=1S/C9H9BClN3O/c1-5-6-4-12-8(11)3-7(6)14(13-5)9(2,10)15/h3-4,15H,1-2H3. The van der Waals surface area contributed by atoms with Gasteiger partial charge in [0.1, 0.15) is 18.6 Å². The van der Waals surface area contributed by atoms with Gasteiger partial charge in [0, 0.05) is 17.6 Å². The highest BCUT2D eigenvalue weighted by Crippen LogP contribution is 2.23. The number of pyridine rings is 1. The molecule has 0 saturated carbocycles. The lowest BCUT2D eigenvalue weighted by molar-refractivity contribution is 0.0635. The van der Waals surface area contributed by atoms with Gasteiger partial charge < -0.3 is 5.11 Å². The van der Waals surface area contributed by atoms with Crippen molar-refractivity contribution in [3.63, 3.8) is 0 Å². The summed E-state index contributed by atoms with van der Waals surface area (Å²) in [5.41, 5.74) is -0.128. The molecular formula is C9H9BClN3O. The van der Waals surface area contributed by atoms with E-state index in [9.17, 15) is 5.11 Å². The van der Waals surface area contributed by atoms with Crippen molar-refractivity contribution in [1.29, 1.82) is 0 Å². The zero-order chi connectivity index (χ0) is 11.2. The molecule has 6 heteroatoms. The molecule has 0 bridgehead atoms. The lowest BCUT2D eigenvalue weighted by atomic mass is 9.93. The van der Waals surface area contributed by atoms with Crippen LogP contribution in [0, 0.1) is 6.92 Å². The van der Waals surface area contributed by atoms with Crippen LogP contribution in [0.25, 0.3) is 10.9 Å². The molecule has 1 N–H and O–H groups in total. The molecule has 15 heavy (non-hydrogen) atoms. The molecule has 2 heterocycles. The number of aliphatic hydroxyl groups is 1. The van der Waals surface area contributed by atoms with Gasteiger partial charge in [0.25, 0.3) is 0 Å². The molecular weight excluding hydrogens is 212 g/mol. The Bertz CT molecular complexity index is 518. The summed E-state index contributed by atoms with van der Waals surface area (Å²) in [6, 6.07) is 1.62. The predicted octanol–water partition coefficient (Wildman–Crippen LogP) is 1.18. The Morgan fingerprint density at radius 3 is 2.87 bits per heavy atom. The number of hydrogen-bond donors (Lipinski definition) is 1. The Morgan fingerprint density at radius 1 is 1.60 bits per heavy atom. The first-order valence-electron chi connectivity index (χ1n) is 4.42. The van der Waals surface area contributed by atoms with E-state index in [2.05, 4.69) is 10.1 Å². The van der Waals surface area contributed by atoms with Crippen molar-refractivity contribution in [2.45, 2.75) is 19.5 Å². The molecule has 2 aromatic heterocycles. The van der Waals surface area contributed by atoms with Gasteiger partial charge in [-0.3, -0.25) is 0 Å². The van der Waals surface area contributed by atoms with Crippen LogP contribution in [-0.2, 0) is 5.62 Å². The van der Waals surface area contributed by atoms with Crippen LogP contribution in [0.15, 0.2) is 12.3 Å². The van der Waals surface area contributed by atoms with Crippen LogP contribution < -0.4 is 0 Å². The van der Waals surface area contributed by atoms with Gasteiger partial charge >= 0.3 is 0 Å². The summed E-state index contributed by atoms with van der Waals surface area (Å²) in [4.78, 5) is 3.95. The van der Waals surface area contributed by atoms with Crippen LogP contribution >= 0.6 is 11.6 Å². The average molecular weight is 221 g/mol. The maximum atomic E-state index is 9.71.